The van der Waals surface area contributed by atoms with E-state index in [0.29, 0.717) is 16.9 Å². The number of benzene rings is 2. The van der Waals surface area contributed by atoms with Gasteiger partial charge in [-0.3, -0.25) is 19.4 Å². The van der Waals surface area contributed by atoms with E-state index in [4.69, 9.17) is 17.0 Å². The third-order valence-corrected chi connectivity index (χ3v) is 5.82. The molecule has 6 nitrogen and oxygen atoms in total. The molecule has 0 saturated carbocycles. The van der Waals surface area contributed by atoms with E-state index in [0.717, 1.165) is 9.13 Å². The Morgan fingerprint density at radius 2 is 1.79 bits per heavy atom. The summed E-state index contributed by atoms with van der Waals surface area (Å²) in [5, 5.41) is 9.35. The zero-order valence-corrected chi connectivity index (χ0v) is 18.7. The number of nitriles is 1. The summed E-state index contributed by atoms with van der Waals surface area (Å²) in [5.41, 5.74) is 2.13. The van der Waals surface area contributed by atoms with E-state index in [-0.39, 0.29) is 17.3 Å². The number of carbonyl (C=O) groups excluding carboxylic acids is 2. The number of nitrogens with zero attached hydrogens (tertiary/aromatic N) is 3. The Labute approximate surface area is 187 Å². The minimum atomic E-state index is -0.429. The van der Waals surface area contributed by atoms with Crippen LogP contribution in [0.25, 0.3) is 6.08 Å². The molecule has 0 aromatic heterocycles. The molecule has 2 aromatic rings. The highest BCUT2D eigenvalue weighted by atomic mass is 127. The molecule has 3 rings (SSSR count). The minimum absolute atomic E-state index is 0.0519. The van der Waals surface area contributed by atoms with Gasteiger partial charge in [0.15, 0.2) is 5.11 Å². The summed E-state index contributed by atoms with van der Waals surface area (Å²) in [6.45, 7) is 0.268. The van der Waals surface area contributed by atoms with Crippen molar-refractivity contribution in [3.05, 3.63) is 68.3 Å². The normalized spacial score (nSPS) is 14.1. The molecule has 1 fully saturated rings. The summed E-state index contributed by atoms with van der Waals surface area (Å²) in [6.07, 6.45) is 1.55. The first-order valence-electron chi connectivity index (χ1n) is 8.55. The summed E-state index contributed by atoms with van der Waals surface area (Å²) in [6, 6.07) is 14.8. The number of ether oxygens (including phenoxy) is 1. The lowest BCUT2D eigenvalue weighted by Crippen LogP contribution is -2.52. The van der Waals surface area contributed by atoms with Crippen LogP contribution in [0.2, 0.25) is 0 Å². The zero-order valence-electron chi connectivity index (χ0n) is 15.7. The summed E-state index contributed by atoms with van der Waals surface area (Å²) >= 11 is 7.23. The van der Waals surface area contributed by atoms with Gasteiger partial charge in [0, 0.05) is 19.7 Å². The summed E-state index contributed by atoms with van der Waals surface area (Å²) < 4.78 is 6.67. The molecule has 2 aromatic carbocycles. The molecule has 2 amide bonds. The van der Waals surface area contributed by atoms with Gasteiger partial charge in [-0.2, -0.15) is 5.26 Å². The number of hydrogen-bond acceptors (Lipinski definition) is 5. The Balaban J connectivity index is 1.82. The molecule has 0 radical (unpaired) electrons. The molecule has 146 valence electrons. The number of halogens is 1. The highest BCUT2D eigenvalue weighted by Gasteiger charge is 2.35. The van der Waals surface area contributed by atoms with Gasteiger partial charge in [-0.1, -0.05) is 24.3 Å². The van der Waals surface area contributed by atoms with Crippen molar-refractivity contribution in [3.8, 4) is 11.8 Å². The molecule has 8 heteroatoms. The van der Waals surface area contributed by atoms with Gasteiger partial charge in [0.1, 0.15) is 17.9 Å². The quantitative estimate of drug-likeness (QED) is 0.269. The molecule has 1 aliphatic heterocycles. The van der Waals surface area contributed by atoms with E-state index in [9.17, 15) is 14.9 Å². The number of rotatable bonds is 4. The van der Waals surface area contributed by atoms with E-state index in [1.807, 2.05) is 24.3 Å². The van der Waals surface area contributed by atoms with Gasteiger partial charge in [-0.05, 0) is 64.6 Å². The van der Waals surface area contributed by atoms with Crippen LogP contribution in [-0.4, -0.2) is 40.8 Å². The number of thiocarbonyl (C=S) groups is 1. The van der Waals surface area contributed by atoms with Crippen molar-refractivity contribution in [1.29, 1.82) is 5.26 Å². The van der Waals surface area contributed by atoms with Crippen LogP contribution in [0.1, 0.15) is 16.7 Å². The van der Waals surface area contributed by atoms with E-state index in [2.05, 4.69) is 28.7 Å². The Hall–Kier alpha value is -2.77. The van der Waals surface area contributed by atoms with Crippen LogP contribution in [0.4, 0.5) is 0 Å². The van der Waals surface area contributed by atoms with Crippen molar-refractivity contribution < 1.29 is 14.3 Å². The predicted molar refractivity (Wildman–Crippen MR) is 121 cm³/mol. The number of likely N-dealkylation sites (N-methyl/N-ethyl adjacent to an activating group) is 2. The fourth-order valence-corrected chi connectivity index (χ4v) is 3.64. The van der Waals surface area contributed by atoms with E-state index in [1.54, 1.807) is 38.4 Å². The minimum Gasteiger partial charge on any atom is -0.488 e. The average Bonchev–Trinajstić information content (AvgIpc) is 2.73. The molecule has 1 aliphatic rings. The van der Waals surface area contributed by atoms with E-state index >= 15 is 0 Å². The molecular weight excluding hydrogens is 501 g/mol. The summed E-state index contributed by atoms with van der Waals surface area (Å²) in [4.78, 5) is 27.4. The summed E-state index contributed by atoms with van der Waals surface area (Å²) in [7, 11) is 3.09. The molecular formula is C21H16IN3O3S. The smallest absolute Gasteiger partial charge is 0.265 e. The van der Waals surface area contributed by atoms with Gasteiger partial charge < -0.3 is 4.74 Å². The zero-order chi connectivity index (χ0) is 21.1. The molecule has 1 saturated heterocycles. The van der Waals surface area contributed by atoms with E-state index < -0.39 is 11.8 Å². The van der Waals surface area contributed by atoms with Crippen molar-refractivity contribution in [2.75, 3.05) is 14.1 Å². The maximum Gasteiger partial charge on any atom is 0.265 e. The van der Waals surface area contributed by atoms with Crippen molar-refractivity contribution >= 4 is 57.8 Å². The SMILES string of the molecule is CN1C(=O)C(=Cc2ccc(OCc3ccccc3C#N)c(I)c2)C(=O)N(C)C1=S. The van der Waals surface area contributed by atoms with E-state index in [1.165, 1.54) is 9.80 Å². The van der Waals surface area contributed by atoms with Crippen molar-refractivity contribution in [1.82, 2.24) is 9.80 Å². The van der Waals surface area contributed by atoms with Crippen LogP contribution in [0, 0.1) is 14.9 Å². The van der Waals surface area contributed by atoms with Crippen molar-refractivity contribution in [2.24, 2.45) is 0 Å². The van der Waals surface area contributed by atoms with Crippen LogP contribution >= 0.6 is 34.8 Å². The molecule has 0 spiro atoms. The van der Waals surface area contributed by atoms with Crippen molar-refractivity contribution in [2.45, 2.75) is 6.61 Å². The standard InChI is InChI=1S/C21H16IN3O3S/c1-24-19(26)16(20(27)25(2)21(24)29)9-13-7-8-18(17(22)10-13)28-12-15-6-4-3-5-14(15)11-23/h3-10H,12H2,1-2H3. The third kappa shape index (κ3) is 4.31. The van der Waals surface area contributed by atoms with Crippen LogP contribution < -0.4 is 4.74 Å². The van der Waals surface area contributed by atoms with Gasteiger partial charge in [-0.15, -0.1) is 0 Å². The monoisotopic (exact) mass is 517 g/mol. The lowest BCUT2D eigenvalue weighted by atomic mass is 10.1. The molecule has 0 unspecified atom stereocenters. The second-order valence-electron chi connectivity index (χ2n) is 6.32. The summed E-state index contributed by atoms with van der Waals surface area (Å²) in [5.74, 6) is -0.208. The third-order valence-electron chi connectivity index (χ3n) is 4.43. The van der Waals surface area contributed by atoms with Crippen LogP contribution in [0.3, 0.4) is 0 Å². The number of amides is 2. The molecule has 0 bridgehead atoms. The first-order chi connectivity index (χ1) is 13.8. The van der Waals surface area contributed by atoms with Gasteiger partial charge in [-0.25, -0.2) is 0 Å². The fraction of sp³-hybridized carbons (Fsp3) is 0.143. The maximum atomic E-state index is 12.4. The topological polar surface area (TPSA) is 73.6 Å². The Kier molecular flexibility index (Phi) is 6.30. The Bertz CT molecular complexity index is 1060. The molecule has 0 atom stereocenters. The van der Waals surface area contributed by atoms with Crippen LogP contribution in [0.5, 0.6) is 5.75 Å². The lowest BCUT2D eigenvalue weighted by molar-refractivity contribution is -0.132. The number of carbonyl (C=O) groups is 2. The maximum absolute atomic E-state index is 12.4. The lowest BCUT2D eigenvalue weighted by Gasteiger charge is -2.31. The second kappa shape index (κ2) is 8.71. The molecule has 29 heavy (non-hydrogen) atoms. The second-order valence-corrected chi connectivity index (χ2v) is 7.84. The average molecular weight is 517 g/mol. The molecule has 1 heterocycles. The highest BCUT2D eigenvalue weighted by Crippen LogP contribution is 2.26. The fourth-order valence-electron chi connectivity index (χ4n) is 2.78. The van der Waals surface area contributed by atoms with Gasteiger partial charge in [0.05, 0.1) is 15.2 Å². The van der Waals surface area contributed by atoms with Crippen LogP contribution in [0.15, 0.2) is 48.0 Å². The predicted octanol–water partition coefficient (Wildman–Crippen LogP) is 3.34. The number of hydrogen-bond donors (Lipinski definition) is 0. The van der Waals surface area contributed by atoms with Crippen LogP contribution in [-0.2, 0) is 16.2 Å². The van der Waals surface area contributed by atoms with Crippen molar-refractivity contribution in [3.63, 3.8) is 0 Å². The largest absolute Gasteiger partial charge is 0.488 e. The van der Waals surface area contributed by atoms with Gasteiger partial charge >= 0.3 is 0 Å². The Morgan fingerprint density at radius 1 is 1.14 bits per heavy atom. The van der Waals surface area contributed by atoms with Gasteiger partial charge in [0.25, 0.3) is 11.8 Å². The Morgan fingerprint density at radius 3 is 2.41 bits per heavy atom. The van der Waals surface area contributed by atoms with Gasteiger partial charge in [0.2, 0.25) is 0 Å². The first kappa shape index (κ1) is 21.0. The first-order valence-corrected chi connectivity index (χ1v) is 10.0. The molecule has 0 aliphatic carbocycles. The molecule has 0 N–H and O–H groups in total. The highest BCUT2D eigenvalue weighted by molar-refractivity contribution is 14.1.